The van der Waals surface area contributed by atoms with Gasteiger partial charge in [-0.05, 0) is 43.4 Å². The zero-order chi connectivity index (χ0) is 11.3. The van der Waals surface area contributed by atoms with Crippen molar-refractivity contribution in [3.05, 3.63) is 47.1 Å². The van der Waals surface area contributed by atoms with Gasteiger partial charge in [0.15, 0.2) is 0 Å². The van der Waals surface area contributed by atoms with E-state index >= 15 is 0 Å². The first-order chi connectivity index (χ1) is 7.13. The van der Waals surface area contributed by atoms with Gasteiger partial charge < -0.3 is 0 Å². The second-order valence-electron chi connectivity index (χ2n) is 4.07. The van der Waals surface area contributed by atoms with Crippen molar-refractivity contribution in [3.63, 3.8) is 0 Å². The molecule has 0 radical (unpaired) electrons. The Morgan fingerprint density at radius 2 is 2.20 bits per heavy atom. The van der Waals surface area contributed by atoms with Gasteiger partial charge in [0.2, 0.25) is 0 Å². The van der Waals surface area contributed by atoms with Crippen molar-refractivity contribution >= 4 is 0 Å². The molecule has 0 saturated heterocycles. The predicted molar refractivity (Wildman–Crippen MR) is 64.1 cm³/mol. The third kappa shape index (κ3) is 3.59. The molecule has 0 aromatic carbocycles. The first kappa shape index (κ1) is 11.5. The van der Waals surface area contributed by atoms with Crippen molar-refractivity contribution in [2.45, 2.75) is 27.2 Å². The van der Waals surface area contributed by atoms with Crippen LogP contribution in [-0.4, -0.2) is 0 Å². The maximum Gasteiger partial charge on any atom is 0.0944 e. The number of allylic oxidation sites excluding steroid dienone is 8. The molecule has 0 N–H and O–H groups in total. The average molecular weight is 199 g/mol. The van der Waals surface area contributed by atoms with Crippen molar-refractivity contribution in [1.82, 2.24) is 0 Å². The summed E-state index contributed by atoms with van der Waals surface area (Å²) in [5.74, 6) is 0.620. The number of nitrogens with zero attached hydrogens (tertiary/aromatic N) is 1. The van der Waals surface area contributed by atoms with E-state index in [4.69, 9.17) is 5.26 Å². The lowest BCUT2D eigenvalue weighted by Crippen LogP contribution is -1.98. The normalized spacial score (nSPS) is 22.3. The standard InChI is InChI=1S/C14H17N/c1-11-5-4-6-14(9-11)13(3)8-7-12(2)10-15/h4-8,11H,9H2,1-3H3/b12-7+,13-8+/t11-/m1/s1. The van der Waals surface area contributed by atoms with Crippen LogP contribution in [0.4, 0.5) is 0 Å². The fourth-order valence-electron chi connectivity index (χ4n) is 1.53. The summed E-state index contributed by atoms with van der Waals surface area (Å²) in [5.41, 5.74) is 3.36. The molecule has 1 heteroatoms. The quantitative estimate of drug-likeness (QED) is 0.488. The summed E-state index contributed by atoms with van der Waals surface area (Å²) in [6, 6.07) is 2.12. The van der Waals surface area contributed by atoms with E-state index in [1.54, 1.807) is 0 Å². The zero-order valence-corrected chi connectivity index (χ0v) is 9.62. The lowest BCUT2D eigenvalue weighted by molar-refractivity contribution is 0.711. The smallest absolute Gasteiger partial charge is 0.0944 e. The predicted octanol–water partition coefficient (Wildman–Crippen LogP) is 3.92. The van der Waals surface area contributed by atoms with E-state index in [1.807, 2.05) is 19.1 Å². The average Bonchev–Trinajstić information content (AvgIpc) is 2.25. The van der Waals surface area contributed by atoms with Crippen molar-refractivity contribution in [3.8, 4) is 6.07 Å². The van der Waals surface area contributed by atoms with E-state index < -0.39 is 0 Å². The number of rotatable bonds is 2. The van der Waals surface area contributed by atoms with Gasteiger partial charge in [-0.25, -0.2) is 0 Å². The van der Waals surface area contributed by atoms with Gasteiger partial charge in [0.25, 0.3) is 0 Å². The molecular formula is C14H17N. The second kappa shape index (κ2) is 5.36. The highest BCUT2D eigenvalue weighted by atomic mass is 14.2. The van der Waals surface area contributed by atoms with Crippen LogP contribution < -0.4 is 0 Å². The highest BCUT2D eigenvalue weighted by molar-refractivity contribution is 5.38. The molecule has 0 fully saturated rings. The SMILES string of the molecule is C/C(C#N)=C\C=C(/C)C1=CC=C[C@@H](C)C1. The molecule has 0 aromatic rings. The van der Waals surface area contributed by atoms with Crippen LogP contribution >= 0.6 is 0 Å². The molecule has 1 atom stereocenters. The molecule has 1 nitrogen and oxygen atoms in total. The summed E-state index contributed by atoms with van der Waals surface area (Å²) in [6.45, 7) is 6.13. The van der Waals surface area contributed by atoms with Gasteiger partial charge >= 0.3 is 0 Å². The second-order valence-corrected chi connectivity index (χ2v) is 4.07. The Bertz CT molecular complexity index is 386. The molecule has 0 bridgehead atoms. The van der Waals surface area contributed by atoms with Crippen molar-refractivity contribution in [2.24, 2.45) is 5.92 Å². The van der Waals surface area contributed by atoms with Gasteiger partial charge in [-0.3, -0.25) is 0 Å². The van der Waals surface area contributed by atoms with Crippen LogP contribution in [0.2, 0.25) is 0 Å². The van der Waals surface area contributed by atoms with E-state index in [0.717, 1.165) is 12.0 Å². The van der Waals surface area contributed by atoms with Crippen LogP contribution in [0, 0.1) is 17.2 Å². The highest BCUT2D eigenvalue weighted by Gasteiger charge is 2.07. The van der Waals surface area contributed by atoms with Gasteiger partial charge in [-0.15, -0.1) is 0 Å². The molecule has 0 unspecified atom stereocenters. The van der Waals surface area contributed by atoms with E-state index in [1.165, 1.54) is 11.1 Å². The molecule has 1 aliphatic rings. The molecule has 1 aliphatic carbocycles. The Kier molecular flexibility index (Phi) is 4.12. The summed E-state index contributed by atoms with van der Waals surface area (Å²) in [5, 5.41) is 8.63. The Hall–Kier alpha value is -1.55. The van der Waals surface area contributed by atoms with Crippen LogP contribution in [0.1, 0.15) is 27.2 Å². The molecule has 1 rings (SSSR count). The lowest BCUT2D eigenvalue weighted by atomic mass is 9.91. The molecule has 0 aliphatic heterocycles. The number of hydrogen-bond acceptors (Lipinski definition) is 1. The van der Waals surface area contributed by atoms with E-state index in [2.05, 4.69) is 38.1 Å². The fraction of sp³-hybridized carbons (Fsp3) is 0.357. The summed E-state index contributed by atoms with van der Waals surface area (Å²) < 4.78 is 0. The molecule has 0 amide bonds. The van der Waals surface area contributed by atoms with Gasteiger partial charge in [0, 0.05) is 5.57 Å². The van der Waals surface area contributed by atoms with Gasteiger partial charge in [-0.1, -0.05) is 31.2 Å². The summed E-state index contributed by atoms with van der Waals surface area (Å²) in [4.78, 5) is 0. The Morgan fingerprint density at radius 1 is 1.47 bits per heavy atom. The van der Waals surface area contributed by atoms with E-state index in [9.17, 15) is 0 Å². The van der Waals surface area contributed by atoms with Crippen molar-refractivity contribution in [2.75, 3.05) is 0 Å². The number of nitriles is 1. The number of hydrogen-bond donors (Lipinski definition) is 0. The largest absolute Gasteiger partial charge is 0.193 e. The molecule has 0 aromatic heterocycles. The fourth-order valence-corrected chi connectivity index (χ4v) is 1.53. The third-order valence-electron chi connectivity index (χ3n) is 2.55. The van der Waals surface area contributed by atoms with Crippen LogP contribution in [0.5, 0.6) is 0 Å². The highest BCUT2D eigenvalue weighted by Crippen LogP contribution is 2.23. The van der Waals surface area contributed by atoms with Crippen LogP contribution in [0.3, 0.4) is 0 Å². The lowest BCUT2D eigenvalue weighted by Gasteiger charge is -2.14. The van der Waals surface area contributed by atoms with E-state index in [0.29, 0.717) is 5.92 Å². The maximum absolute atomic E-state index is 8.63. The Labute approximate surface area is 92.1 Å². The molecule has 15 heavy (non-hydrogen) atoms. The monoisotopic (exact) mass is 199 g/mol. The van der Waals surface area contributed by atoms with Crippen LogP contribution in [0.25, 0.3) is 0 Å². The van der Waals surface area contributed by atoms with Gasteiger partial charge in [0.05, 0.1) is 6.07 Å². The first-order valence-corrected chi connectivity index (χ1v) is 5.26. The molecule has 0 spiro atoms. The minimum atomic E-state index is 0.620. The van der Waals surface area contributed by atoms with Crippen molar-refractivity contribution < 1.29 is 0 Å². The Balaban J connectivity index is 2.78. The maximum atomic E-state index is 8.63. The Morgan fingerprint density at radius 3 is 2.80 bits per heavy atom. The van der Waals surface area contributed by atoms with Crippen molar-refractivity contribution in [1.29, 1.82) is 5.26 Å². The van der Waals surface area contributed by atoms with E-state index in [-0.39, 0.29) is 0 Å². The van der Waals surface area contributed by atoms with Crippen LogP contribution in [0.15, 0.2) is 47.1 Å². The molecule has 0 heterocycles. The summed E-state index contributed by atoms with van der Waals surface area (Å²) in [7, 11) is 0. The minimum absolute atomic E-state index is 0.620. The molecule has 78 valence electrons. The van der Waals surface area contributed by atoms with Gasteiger partial charge in [0.1, 0.15) is 0 Å². The molecule has 0 saturated carbocycles. The summed E-state index contributed by atoms with van der Waals surface area (Å²) in [6.07, 6.45) is 11.5. The van der Waals surface area contributed by atoms with Gasteiger partial charge in [-0.2, -0.15) is 5.26 Å². The van der Waals surface area contributed by atoms with Crippen LogP contribution in [-0.2, 0) is 0 Å². The topological polar surface area (TPSA) is 23.8 Å². The molecular weight excluding hydrogens is 182 g/mol. The first-order valence-electron chi connectivity index (χ1n) is 5.26. The summed E-state index contributed by atoms with van der Waals surface area (Å²) >= 11 is 0. The minimum Gasteiger partial charge on any atom is -0.193 e. The zero-order valence-electron chi connectivity index (χ0n) is 9.62. The third-order valence-corrected chi connectivity index (χ3v) is 2.55.